The molecule has 0 aliphatic carbocycles. The normalized spacial score (nSPS) is 22.9. The van der Waals surface area contributed by atoms with Crippen LogP contribution >= 0.6 is 7.92 Å². The van der Waals surface area contributed by atoms with Gasteiger partial charge in [-0.15, -0.1) is 0 Å². The third-order valence-electron chi connectivity index (χ3n) is 6.71. The Hall–Kier alpha value is -0.350. The summed E-state index contributed by atoms with van der Waals surface area (Å²) < 4.78 is 0. The van der Waals surface area contributed by atoms with E-state index in [2.05, 4.69) is 46.8 Å². The monoisotopic (exact) mass is 374 g/mol. The average molecular weight is 375 g/mol. The van der Waals surface area contributed by atoms with E-state index in [0.29, 0.717) is 0 Å². The van der Waals surface area contributed by atoms with Crippen LogP contribution in [0.4, 0.5) is 0 Å². The molecule has 0 nitrogen and oxygen atoms in total. The van der Waals surface area contributed by atoms with E-state index in [4.69, 9.17) is 0 Å². The third-order valence-corrected chi connectivity index (χ3v) is 10.4. The Labute approximate surface area is 165 Å². The van der Waals surface area contributed by atoms with Crippen LogP contribution in [0.1, 0.15) is 108 Å². The molecule has 0 aromatic heterocycles. The van der Waals surface area contributed by atoms with Gasteiger partial charge >= 0.3 is 0 Å². The first-order chi connectivity index (χ1) is 12.6. The van der Waals surface area contributed by atoms with Crippen molar-refractivity contribution in [3.63, 3.8) is 0 Å². The van der Waals surface area contributed by atoms with Gasteiger partial charge < -0.3 is 0 Å². The van der Waals surface area contributed by atoms with Crippen molar-refractivity contribution in [1.29, 1.82) is 0 Å². The van der Waals surface area contributed by atoms with Crippen molar-refractivity contribution in [2.75, 3.05) is 0 Å². The fourth-order valence-electron chi connectivity index (χ4n) is 4.76. The quantitative estimate of drug-likeness (QED) is 0.270. The predicted molar refractivity (Wildman–Crippen MR) is 122 cm³/mol. The smallest absolute Gasteiger partial charge is 0.0166 e. The summed E-state index contributed by atoms with van der Waals surface area (Å²) in [7, 11) is 0.0417. The molecule has 0 radical (unpaired) electrons. The third kappa shape index (κ3) is 5.82. The summed E-state index contributed by atoms with van der Waals surface area (Å²) >= 11 is 0. The number of hydrogen-bond acceptors (Lipinski definition) is 0. The molecule has 0 spiro atoms. The van der Waals surface area contributed by atoms with E-state index in [0.717, 1.165) is 11.3 Å². The van der Waals surface area contributed by atoms with E-state index in [1.807, 2.05) is 0 Å². The van der Waals surface area contributed by atoms with Gasteiger partial charge in [-0.25, -0.2) is 0 Å². The van der Waals surface area contributed by atoms with Gasteiger partial charge in [0.2, 0.25) is 0 Å². The maximum Gasteiger partial charge on any atom is -0.0166 e. The van der Waals surface area contributed by atoms with Gasteiger partial charge in [0.05, 0.1) is 0 Å². The van der Waals surface area contributed by atoms with Gasteiger partial charge in [0.1, 0.15) is 0 Å². The zero-order valence-electron chi connectivity index (χ0n) is 18.2. The van der Waals surface area contributed by atoms with Crippen molar-refractivity contribution in [3.05, 3.63) is 28.8 Å². The van der Waals surface area contributed by atoms with Gasteiger partial charge in [0, 0.05) is 0 Å². The van der Waals surface area contributed by atoms with Crippen LogP contribution in [0.15, 0.2) is 12.1 Å². The Kier molecular flexibility index (Phi) is 9.69. The summed E-state index contributed by atoms with van der Waals surface area (Å²) in [5, 5.41) is 1.77. The van der Waals surface area contributed by atoms with Crippen LogP contribution in [0.3, 0.4) is 0 Å². The van der Waals surface area contributed by atoms with Gasteiger partial charge in [-0.05, 0) is 79.8 Å². The predicted octanol–water partition coefficient (Wildman–Crippen LogP) is 8.19. The van der Waals surface area contributed by atoms with E-state index in [9.17, 15) is 0 Å². The molecule has 1 heterocycles. The lowest BCUT2D eigenvalue weighted by Gasteiger charge is -2.29. The molecule has 1 aromatic rings. The highest BCUT2D eigenvalue weighted by Gasteiger charge is 2.36. The molecule has 1 fully saturated rings. The Bertz CT molecular complexity index is 513. The maximum atomic E-state index is 2.52. The first-order valence-corrected chi connectivity index (χ1v) is 12.9. The van der Waals surface area contributed by atoms with Gasteiger partial charge in [0.25, 0.3) is 0 Å². The Morgan fingerprint density at radius 1 is 0.731 bits per heavy atom. The summed E-state index contributed by atoms with van der Waals surface area (Å²) in [4.78, 5) is 0. The second kappa shape index (κ2) is 11.5. The highest BCUT2D eigenvalue weighted by Crippen LogP contribution is 2.58. The molecule has 0 saturated carbocycles. The summed E-state index contributed by atoms with van der Waals surface area (Å²) in [5.74, 6) is 0. The standard InChI is InChI=1S/C25H43P/c1-6-8-10-12-14-23-17-18-24(15-13-11-9-7-2)26(23)25-19-16-20(3)21(4)22(25)5/h16,19,23-24H,6-15,17-18H2,1-5H3. The molecule has 1 heteroatoms. The van der Waals surface area contributed by atoms with Crippen molar-refractivity contribution in [3.8, 4) is 0 Å². The molecular weight excluding hydrogens is 331 g/mol. The number of benzene rings is 1. The highest BCUT2D eigenvalue weighted by atomic mass is 31.1. The minimum Gasteiger partial charge on any atom is -0.0687 e. The second-order valence-corrected chi connectivity index (χ2v) is 11.4. The minimum atomic E-state index is 0.0417. The van der Waals surface area contributed by atoms with Crippen LogP contribution in [0, 0.1) is 20.8 Å². The van der Waals surface area contributed by atoms with Crippen molar-refractivity contribution < 1.29 is 0 Å². The lowest BCUT2D eigenvalue weighted by molar-refractivity contribution is 0.580. The van der Waals surface area contributed by atoms with Crippen LogP contribution in [0.5, 0.6) is 0 Å². The van der Waals surface area contributed by atoms with Crippen molar-refractivity contribution in [2.45, 2.75) is 123 Å². The molecule has 26 heavy (non-hydrogen) atoms. The van der Waals surface area contributed by atoms with Crippen molar-refractivity contribution in [1.82, 2.24) is 0 Å². The lowest BCUT2D eigenvalue weighted by Crippen LogP contribution is -2.18. The van der Waals surface area contributed by atoms with Gasteiger partial charge in [0.15, 0.2) is 0 Å². The van der Waals surface area contributed by atoms with E-state index < -0.39 is 0 Å². The van der Waals surface area contributed by atoms with E-state index in [1.165, 1.54) is 82.6 Å². The van der Waals surface area contributed by atoms with Crippen LogP contribution in [-0.4, -0.2) is 11.3 Å². The van der Waals surface area contributed by atoms with Crippen molar-refractivity contribution in [2.24, 2.45) is 0 Å². The van der Waals surface area contributed by atoms with Crippen LogP contribution < -0.4 is 5.30 Å². The molecule has 0 N–H and O–H groups in total. The molecule has 2 rings (SSSR count). The highest BCUT2D eigenvalue weighted by molar-refractivity contribution is 7.67. The van der Waals surface area contributed by atoms with Crippen LogP contribution in [0.25, 0.3) is 0 Å². The molecule has 0 bridgehead atoms. The number of unbranched alkanes of at least 4 members (excludes halogenated alkanes) is 6. The Morgan fingerprint density at radius 3 is 1.77 bits per heavy atom. The molecule has 148 valence electrons. The fraction of sp³-hybridized carbons (Fsp3) is 0.760. The second-order valence-electron chi connectivity index (χ2n) is 8.64. The topological polar surface area (TPSA) is 0 Å². The fourth-order valence-corrected chi connectivity index (χ4v) is 8.72. The largest absolute Gasteiger partial charge is 0.0687 e. The molecule has 2 atom stereocenters. The SMILES string of the molecule is CCCCCCC1CCC(CCCCCC)P1c1ccc(C)c(C)c1C. The molecule has 1 aliphatic heterocycles. The van der Waals surface area contributed by atoms with Crippen molar-refractivity contribution >= 4 is 13.2 Å². The maximum absolute atomic E-state index is 2.52. The molecular formula is C25H43P. The Morgan fingerprint density at radius 2 is 1.27 bits per heavy atom. The van der Waals surface area contributed by atoms with Crippen LogP contribution in [0.2, 0.25) is 0 Å². The summed E-state index contributed by atoms with van der Waals surface area (Å²) in [6.45, 7) is 11.7. The lowest BCUT2D eigenvalue weighted by atomic mass is 10.0. The van der Waals surface area contributed by atoms with E-state index >= 15 is 0 Å². The zero-order chi connectivity index (χ0) is 18.9. The molecule has 0 amide bonds. The molecule has 1 saturated heterocycles. The minimum absolute atomic E-state index is 0.0417. The first kappa shape index (κ1) is 21.9. The van der Waals surface area contributed by atoms with Crippen LogP contribution in [-0.2, 0) is 0 Å². The van der Waals surface area contributed by atoms with Gasteiger partial charge in [-0.2, -0.15) is 0 Å². The number of rotatable bonds is 11. The summed E-state index contributed by atoms with van der Waals surface area (Å²) in [6.07, 6.45) is 17.4. The Balaban J connectivity index is 2.12. The summed E-state index contributed by atoms with van der Waals surface area (Å²) in [6, 6.07) is 4.92. The number of aryl methyl sites for hydroxylation is 1. The average Bonchev–Trinajstić information content (AvgIpc) is 3.03. The zero-order valence-corrected chi connectivity index (χ0v) is 19.1. The van der Waals surface area contributed by atoms with E-state index in [-0.39, 0.29) is 7.92 Å². The molecule has 1 aliphatic rings. The number of hydrogen-bond donors (Lipinski definition) is 0. The molecule has 1 aromatic carbocycles. The summed E-state index contributed by atoms with van der Waals surface area (Å²) in [5.41, 5.74) is 6.64. The molecule has 2 unspecified atom stereocenters. The van der Waals surface area contributed by atoms with Gasteiger partial charge in [-0.3, -0.25) is 0 Å². The first-order valence-electron chi connectivity index (χ1n) is 11.4. The van der Waals surface area contributed by atoms with E-state index in [1.54, 1.807) is 16.4 Å². The van der Waals surface area contributed by atoms with Gasteiger partial charge in [-0.1, -0.05) is 85.3 Å².